The van der Waals surface area contributed by atoms with Crippen LogP contribution in [0.5, 0.6) is 0 Å². The highest BCUT2D eigenvalue weighted by atomic mass is 35.5. The van der Waals surface area contributed by atoms with Crippen molar-refractivity contribution in [3.63, 3.8) is 0 Å². The molecule has 1 aromatic heterocycles. The van der Waals surface area contributed by atoms with Crippen molar-refractivity contribution >= 4 is 38.1 Å². The maximum atomic E-state index is 13.0. The molecule has 0 saturated carbocycles. The van der Waals surface area contributed by atoms with Gasteiger partial charge in [0.15, 0.2) is 9.84 Å². The van der Waals surface area contributed by atoms with Crippen LogP contribution in [-0.4, -0.2) is 25.6 Å². The van der Waals surface area contributed by atoms with Gasteiger partial charge in [0.05, 0.1) is 10.9 Å². The lowest BCUT2D eigenvalue weighted by Gasteiger charge is -2.16. The number of aromatic nitrogens is 1. The number of sulfone groups is 1. The van der Waals surface area contributed by atoms with Gasteiger partial charge in [0.25, 0.3) is 5.91 Å². The van der Waals surface area contributed by atoms with Crippen molar-refractivity contribution < 1.29 is 13.2 Å². The van der Waals surface area contributed by atoms with Crippen LogP contribution in [0.4, 0.5) is 0 Å². The molecule has 1 N–H and O–H groups in total. The summed E-state index contributed by atoms with van der Waals surface area (Å²) >= 11 is 6.02. The normalized spacial score (nSPS) is 12.5. The molecule has 0 aliphatic rings. The van der Waals surface area contributed by atoms with Crippen molar-refractivity contribution in [3.8, 4) is 11.1 Å². The summed E-state index contributed by atoms with van der Waals surface area (Å²) in [5.74, 6) is -0.247. The number of hydrogen-bond acceptors (Lipinski definition) is 4. The Balaban J connectivity index is 1.64. The average Bonchev–Trinajstić information content (AvgIpc) is 2.78. The van der Waals surface area contributed by atoms with Crippen LogP contribution in [0.3, 0.4) is 0 Å². The van der Waals surface area contributed by atoms with Gasteiger partial charge in [0.1, 0.15) is 0 Å². The Morgan fingerprint density at radius 3 is 2.47 bits per heavy atom. The molecule has 1 heterocycles. The lowest BCUT2D eigenvalue weighted by Crippen LogP contribution is -2.26. The number of rotatable bonds is 5. The molecule has 0 radical (unpaired) electrons. The Labute approximate surface area is 192 Å². The summed E-state index contributed by atoms with van der Waals surface area (Å²) in [6, 6.07) is 19.2. The maximum absolute atomic E-state index is 13.0. The van der Waals surface area contributed by atoms with E-state index in [2.05, 4.69) is 10.3 Å². The molecule has 1 unspecified atom stereocenters. The predicted molar refractivity (Wildman–Crippen MR) is 128 cm³/mol. The highest BCUT2D eigenvalue weighted by Gasteiger charge is 2.15. The number of nitrogens with zero attached hydrogens (tertiary/aromatic N) is 1. The van der Waals surface area contributed by atoms with Gasteiger partial charge in [0.2, 0.25) is 0 Å². The minimum absolute atomic E-state index is 0.224. The third-order valence-electron chi connectivity index (χ3n) is 5.31. The molecule has 4 aromatic rings. The Morgan fingerprint density at radius 2 is 1.75 bits per heavy atom. The molecule has 1 amide bonds. The van der Waals surface area contributed by atoms with Crippen LogP contribution < -0.4 is 5.32 Å². The molecule has 4 rings (SSSR count). The first-order valence-corrected chi connectivity index (χ1v) is 12.2. The van der Waals surface area contributed by atoms with Crippen LogP contribution >= 0.6 is 11.6 Å². The predicted octanol–water partition coefficient (Wildman–Crippen LogP) is 5.45. The highest BCUT2D eigenvalue weighted by Crippen LogP contribution is 2.29. The van der Waals surface area contributed by atoms with Gasteiger partial charge >= 0.3 is 0 Å². The molecular weight excluding hydrogens is 444 g/mol. The first-order chi connectivity index (χ1) is 15.2. The number of carbonyl (C=O) groups is 1. The zero-order chi connectivity index (χ0) is 22.9. The van der Waals surface area contributed by atoms with Gasteiger partial charge in [-0.25, -0.2) is 8.42 Å². The Morgan fingerprint density at radius 1 is 1.00 bits per heavy atom. The molecule has 7 heteroatoms. The summed E-state index contributed by atoms with van der Waals surface area (Å²) in [4.78, 5) is 17.5. The topological polar surface area (TPSA) is 76.1 Å². The molecule has 5 nitrogen and oxygen atoms in total. The van der Waals surface area contributed by atoms with Gasteiger partial charge in [0, 0.05) is 40.2 Å². The van der Waals surface area contributed by atoms with E-state index in [1.165, 1.54) is 0 Å². The fourth-order valence-corrected chi connectivity index (χ4v) is 4.34. The van der Waals surface area contributed by atoms with E-state index in [-0.39, 0.29) is 16.8 Å². The fourth-order valence-electron chi connectivity index (χ4n) is 3.54. The summed E-state index contributed by atoms with van der Waals surface area (Å²) < 4.78 is 23.7. The number of pyridine rings is 1. The molecular formula is C25H21ClN2O3S. The number of fused-ring (bicyclic) bond motifs is 1. The molecule has 0 saturated heterocycles. The Bertz CT molecular complexity index is 1420. The van der Waals surface area contributed by atoms with Gasteiger partial charge in [-0.15, -0.1) is 0 Å². The fraction of sp³-hybridized carbons (Fsp3) is 0.120. The van der Waals surface area contributed by atoms with Crippen LogP contribution in [0.1, 0.15) is 28.9 Å². The first-order valence-electron chi connectivity index (χ1n) is 9.97. The summed E-state index contributed by atoms with van der Waals surface area (Å²) in [5, 5.41) is 5.43. The van der Waals surface area contributed by atoms with E-state index in [9.17, 15) is 13.2 Å². The van der Waals surface area contributed by atoms with Crippen molar-refractivity contribution in [2.45, 2.75) is 17.9 Å². The smallest absolute Gasteiger partial charge is 0.251 e. The van der Waals surface area contributed by atoms with Crippen LogP contribution in [0, 0.1) is 0 Å². The SMILES string of the molecule is CC(NC(=O)c1ccc2cncc(-c3ccc(Cl)cc3)c2c1)c1cccc(S(C)(=O)=O)c1. The molecule has 0 aliphatic heterocycles. The highest BCUT2D eigenvalue weighted by molar-refractivity contribution is 7.90. The molecule has 0 bridgehead atoms. The van der Waals surface area contributed by atoms with Crippen molar-refractivity contribution in [2.75, 3.05) is 6.26 Å². The molecule has 1 atom stereocenters. The number of halogens is 1. The van der Waals surface area contributed by atoms with Gasteiger partial charge in [-0.3, -0.25) is 9.78 Å². The van der Waals surface area contributed by atoms with E-state index in [1.807, 2.05) is 43.3 Å². The second-order valence-electron chi connectivity index (χ2n) is 7.67. The number of nitrogens with one attached hydrogen (secondary N) is 1. The zero-order valence-corrected chi connectivity index (χ0v) is 19.1. The molecule has 0 fully saturated rings. The van der Waals surface area contributed by atoms with Gasteiger partial charge in [-0.2, -0.15) is 0 Å². The van der Waals surface area contributed by atoms with Gasteiger partial charge in [-0.1, -0.05) is 41.9 Å². The first kappa shape index (κ1) is 22.0. The van der Waals surface area contributed by atoms with Crippen LogP contribution in [0.15, 0.2) is 84.0 Å². The lowest BCUT2D eigenvalue weighted by atomic mass is 9.99. The average molecular weight is 465 g/mol. The summed E-state index contributed by atoms with van der Waals surface area (Å²) in [6.45, 7) is 1.82. The van der Waals surface area contributed by atoms with E-state index in [1.54, 1.807) is 42.7 Å². The third-order valence-corrected chi connectivity index (χ3v) is 6.67. The summed E-state index contributed by atoms with van der Waals surface area (Å²) in [5.41, 5.74) is 3.08. The minimum Gasteiger partial charge on any atom is -0.346 e. The zero-order valence-electron chi connectivity index (χ0n) is 17.5. The van der Waals surface area contributed by atoms with E-state index in [0.717, 1.165) is 28.2 Å². The number of carbonyl (C=O) groups excluding carboxylic acids is 1. The standard InChI is InChI=1S/C25H21ClN2O3S/c1-16(18-4-3-5-22(12-18)32(2,30)31)28-25(29)19-6-7-20-14-27-15-24(23(20)13-19)17-8-10-21(26)11-9-17/h3-16H,1-2H3,(H,28,29). The molecule has 0 spiro atoms. The number of benzene rings is 3. The van der Waals surface area contributed by atoms with E-state index in [0.29, 0.717) is 16.1 Å². The molecule has 162 valence electrons. The Hall–Kier alpha value is -3.22. The maximum Gasteiger partial charge on any atom is 0.251 e. The van der Waals surface area contributed by atoms with Gasteiger partial charge in [-0.05, 0) is 59.8 Å². The minimum atomic E-state index is -3.32. The van der Waals surface area contributed by atoms with Crippen LogP contribution in [0.25, 0.3) is 21.9 Å². The van der Waals surface area contributed by atoms with Crippen molar-refractivity contribution in [1.29, 1.82) is 0 Å². The van der Waals surface area contributed by atoms with Crippen molar-refractivity contribution in [1.82, 2.24) is 10.3 Å². The monoisotopic (exact) mass is 464 g/mol. The number of amides is 1. The Kier molecular flexibility index (Phi) is 6.00. The summed E-state index contributed by atoms with van der Waals surface area (Å²) in [7, 11) is -3.32. The second-order valence-corrected chi connectivity index (χ2v) is 10.1. The van der Waals surface area contributed by atoms with Crippen molar-refractivity contribution in [3.05, 3.63) is 95.3 Å². The lowest BCUT2D eigenvalue weighted by molar-refractivity contribution is 0.0940. The third kappa shape index (κ3) is 4.66. The van der Waals surface area contributed by atoms with Gasteiger partial charge < -0.3 is 5.32 Å². The number of hydrogen-bond donors (Lipinski definition) is 1. The van der Waals surface area contributed by atoms with Crippen molar-refractivity contribution in [2.24, 2.45) is 0 Å². The summed E-state index contributed by atoms with van der Waals surface area (Å²) in [6.07, 6.45) is 4.69. The quantitative estimate of drug-likeness (QED) is 0.426. The van der Waals surface area contributed by atoms with E-state index in [4.69, 9.17) is 11.6 Å². The van der Waals surface area contributed by atoms with Crippen LogP contribution in [-0.2, 0) is 9.84 Å². The largest absolute Gasteiger partial charge is 0.346 e. The van der Waals surface area contributed by atoms with Crippen LogP contribution in [0.2, 0.25) is 5.02 Å². The molecule has 0 aliphatic carbocycles. The van der Waals surface area contributed by atoms with E-state index >= 15 is 0 Å². The molecule has 32 heavy (non-hydrogen) atoms. The second kappa shape index (κ2) is 8.73. The molecule has 3 aromatic carbocycles. The van der Waals surface area contributed by atoms with E-state index < -0.39 is 9.84 Å².